The summed E-state index contributed by atoms with van der Waals surface area (Å²) in [6, 6.07) is 16.3. The Hall–Kier alpha value is -3.06. The van der Waals surface area contributed by atoms with Gasteiger partial charge in [-0.3, -0.25) is 4.79 Å². The summed E-state index contributed by atoms with van der Waals surface area (Å²) in [7, 11) is 0. The van der Waals surface area contributed by atoms with Crippen LogP contribution < -0.4 is 0 Å². The number of carbonyl (C=O) groups excluding carboxylic acids is 2. The fourth-order valence-electron chi connectivity index (χ4n) is 5.69. The van der Waals surface area contributed by atoms with Gasteiger partial charge in [0.2, 0.25) is 5.91 Å². The molecular weight excluding hydrogens is 468 g/mol. The maximum absolute atomic E-state index is 13.9. The number of imide groups is 1. The first-order valence-electron chi connectivity index (χ1n) is 11.8. The highest BCUT2D eigenvalue weighted by Crippen LogP contribution is 2.51. The second-order valence-corrected chi connectivity index (χ2v) is 10.9. The molecule has 2 aliphatic rings. The van der Waals surface area contributed by atoms with E-state index in [1.54, 1.807) is 12.1 Å². The van der Waals surface area contributed by atoms with E-state index in [1.165, 1.54) is 9.80 Å². The van der Waals surface area contributed by atoms with Crippen LogP contribution in [-0.2, 0) is 14.9 Å². The van der Waals surface area contributed by atoms with E-state index in [1.807, 2.05) is 42.5 Å². The van der Waals surface area contributed by atoms with E-state index < -0.39 is 23.6 Å². The normalized spacial score (nSPS) is 24.9. The van der Waals surface area contributed by atoms with Crippen molar-refractivity contribution in [2.45, 2.75) is 45.1 Å². The Kier molecular flexibility index (Phi) is 6.82. The Balaban J connectivity index is 1.76. The fourth-order valence-corrected chi connectivity index (χ4v) is 5.81. The van der Waals surface area contributed by atoms with Crippen LogP contribution in [0.15, 0.2) is 54.6 Å². The molecule has 0 aromatic heterocycles. The minimum absolute atomic E-state index is 0.0580. The Morgan fingerprint density at radius 1 is 1.11 bits per heavy atom. The maximum atomic E-state index is 13.9. The molecule has 2 heterocycles. The maximum Gasteiger partial charge on any atom is 0.417 e. The van der Waals surface area contributed by atoms with Crippen LogP contribution in [0.25, 0.3) is 0 Å². The van der Waals surface area contributed by atoms with Gasteiger partial charge in [0.25, 0.3) is 0 Å². The number of nitrogens with zero attached hydrogens (tertiary/aromatic N) is 2. The van der Waals surface area contributed by atoms with E-state index >= 15 is 0 Å². The molecule has 2 aromatic carbocycles. The van der Waals surface area contributed by atoms with Crippen molar-refractivity contribution in [2.75, 3.05) is 19.7 Å². The molecule has 0 spiro atoms. The molecule has 4 rings (SSSR count). The van der Waals surface area contributed by atoms with Gasteiger partial charge >= 0.3 is 12.2 Å². The lowest BCUT2D eigenvalue weighted by Crippen LogP contribution is -2.57. The van der Waals surface area contributed by atoms with Crippen molar-refractivity contribution in [3.8, 4) is 0 Å². The van der Waals surface area contributed by atoms with Crippen LogP contribution in [0, 0.1) is 11.3 Å². The van der Waals surface area contributed by atoms with E-state index in [2.05, 4.69) is 20.8 Å². The van der Waals surface area contributed by atoms with Gasteiger partial charge in [-0.05, 0) is 41.0 Å². The zero-order chi connectivity index (χ0) is 25.4. The fraction of sp³-hybridized carbons (Fsp3) is 0.444. The SMILES string of the molecule is CC(C)(C)C1CN(C(=O)O)CCC1(CC(=O)N1C(=O)OCC1c1ccccc1)c1ccc(Cl)cc1. The van der Waals surface area contributed by atoms with Crippen LogP contribution in [-0.4, -0.2) is 52.7 Å². The van der Waals surface area contributed by atoms with Gasteiger partial charge in [0.15, 0.2) is 0 Å². The largest absolute Gasteiger partial charge is 0.465 e. The zero-order valence-corrected chi connectivity index (χ0v) is 21.0. The highest BCUT2D eigenvalue weighted by Gasteiger charge is 2.52. The summed E-state index contributed by atoms with van der Waals surface area (Å²) >= 11 is 6.18. The molecule has 2 saturated heterocycles. The van der Waals surface area contributed by atoms with Crippen molar-refractivity contribution in [2.24, 2.45) is 11.3 Å². The van der Waals surface area contributed by atoms with E-state index in [9.17, 15) is 19.5 Å². The van der Waals surface area contributed by atoms with Gasteiger partial charge in [-0.15, -0.1) is 0 Å². The molecule has 3 unspecified atom stereocenters. The molecule has 3 atom stereocenters. The van der Waals surface area contributed by atoms with Crippen LogP contribution in [0.3, 0.4) is 0 Å². The first kappa shape index (κ1) is 25.0. The van der Waals surface area contributed by atoms with Crippen LogP contribution in [0.4, 0.5) is 9.59 Å². The number of halogens is 1. The lowest BCUT2D eigenvalue weighted by Gasteiger charge is -2.53. The highest BCUT2D eigenvalue weighted by atomic mass is 35.5. The Bertz CT molecular complexity index is 1100. The first-order valence-corrected chi connectivity index (χ1v) is 12.2. The Morgan fingerprint density at radius 3 is 2.37 bits per heavy atom. The van der Waals surface area contributed by atoms with Crippen LogP contribution in [0.1, 0.15) is 50.8 Å². The van der Waals surface area contributed by atoms with Crippen molar-refractivity contribution in [1.29, 1.82) is 0 Å². The molecule has 0 aliphatic carbocycles. The molecule has 1 N–H and O–H groups in total. The monoisotopic (exact) mass is 498 g/mol. The van der Waals surface area contributed by atoms with Crippen molar-refractivity contribution in [1.82, 2.24) is 9.80 Å². The quantitative estimate of drug-likeness (QED) is 0.581. The first-order chi connectivity index (χ1) is 16.5. The highest BCUT2D eigenvalue weighted by molar-refractivity contribution is 6.30. The van der Waals surface area contributed by atoms with E-state index in [0.29, 0.717) is 24.5 Å². The number of ether oxygens (including phenoxy) is 1. The average Bonchev–Trinajstić information content (AvgIpc) is 3.21. The van der Waals surface area contributed by atoms with Crippen molar-refractivity contribution >= 4 is 29.7 Å². The van der Waals surface area contributed by atoms with Gasteiger partial charge < -0.3 is 14.7 Å². The second-order valence-electron chi connectivity index (χ2n) is 10.5. The van der Waals surface area contributed by atoms with E-state index in [4.69, 9.17) is 16.3 Å². The van der Waals surface area contributed by atoms with Crippen LogP contribution >= 0.6 is 11.6 Å². The summed E-state index contributed by atoms with van der Waals surface area (Å²) in [6.45, 7) is 6.89. The summed E-state index contributed by atoms with van der Waals surface area (Å²) in [5.41, 5.74) is 0.748. The number of hydrogen-bond acceptors (Lipinski definition) is 4. The topological polar surface area (TPSA) is 87.2 Å². The predicted octanol–water partition coefficient (Wildman–Crippen LogP) is 5.73. The summed E-state index contributed by atoms with van der Waals surface area (Å²) in [5, 5.41) is 10.3. The molecule has 7 nitrogen and oxygen atoms in total. The van der Waals surface area contributed by atoms with Gasteiger partial charge in [0.1, 0.15) is 12.6 Å². The summed E-state index contributed by atoms with van der Waals surface area (Å²) in [6.07, 6.45) is -1.11. The number of amides is 3. The van der Waals surface area contributed by atoms with Crippen molar-refractivity contribution in [3.05, 3.63) is 70.7 Å². The van der Waals surface area contributed by atoms with Crippen molar-refractivity contribution < 1.29 is 24.2 Å². The molecule has 2 aromatic rings. The molecule has 3 amide bonds. The summed E-state index contributed by atoms with van der Waals surface area (Å²) in [4.78, 5) is 41.2. The zero-order valence-electron chi connectivity index (χ0n) is 20.2. The number of rotatable bonds is 4. The Labute approximate surface area is 210 Å². The van der Waals surface area contributed by atoms with Gasteiger partial charge in [-0.25, -0.2) is 14.5 Å². The van der Waals surface area contributed by atoms with Crippen LogP contribution in [0.2, 0.25) is 5.02 Å². The van der Waals surface area contributed by atoms with Gasteiger partial charge in [-0.2, -0.15) is 0 Å². The number of piperidine rings is 1. The molecular formula is C27H31ClN2O5. The number of cyclic esters (lactones) is 1. The Morgan fingerprint density at radius 2 is 1.77 bits per heavy atom. The minimum atomic E-state index is -0.970. The summed E-state index contributed by atoms with van der Waals surface area (Å²) < 4.78 is 5.30. The number of hydrogen-bond donors (Lipinski definition) is 1. The molecule has 35 heavy (non-hydrogen) atoms. The lowest BCUT2D eigenvalue weighted by atomic mass is 9.56. The van der Waals surface area contributed by atoms with E-state index in [-0.39, 0.29) is 30.3 Å². The number of carbonyl (C=O) groups is 3. The third-order valence-electron chi connectivity index (χ3n) is 7.43. The molecule has 186 valence electrons. The van der Waals surface area contributed by atoms with Gasteiger partial charge in [0.05, 0.1) is 0 Å². The van der Waals surface area contributed by atoms with Crippen LogP contribution in [0.5, 0.6) is 0 Å². The smallest absolute Gasteiger partial charge is 0.417 e. The summed E-state index contributed by atoms with van der Waals surface area (Å²) in [5.74, 6) is -0.506. The molecule has 2 fully saturated rings. The second kappa shape index (κ2) is 9.53. The van der Waals surface area contributed by atoms with E-state index in [0.717, 1.165) is 11.1 Å². The standard InChI is InChI=1S/C27H31ClN2O5/c1-26(2,3)22-16-29(24(32)33)14-13-27(22,19-9-11-20(28)12-10-19)15-23(31)30-21(17-35-25(30)34)18-7-5-4-6-8-18/h4-12,21-22H,13-17H2,1-3H3,(H,32,33). The van der Waals surface area contributed by atoms with Gasteiger partial charge in [-0.1, -0.05) is 74.8 Å². The molecule has 0 saturated carbocycles. The average molecular weight is 499 g/mol. The number of likely N-dealkylation sites (tertiary alicyclic amines) is 1. The molecule has 0 bridgehead atoms. The number of carboxylic acid groups (broad SMARTS) is 1. The predicted molar refractivity (Wildman–Crippen MR) is 132 cm³/mol. The molecule has 2 aliphatic heterocycles. The third kappa shape index (κ3) is 4.87. The van der Waals surface area contributed by atoms with Crippen molar-refractivity contribution in [3.63, 3.8) is 0 Å². The third-order valence-corrected chi connectivity index (χ3v) is 7.68. The van der Waals surface area contributed by atoms with Gasteiger partial charge in [0, 0.05) is 29.9 Å². The minimum Gasteiger partial charge on any atom is -0.465 e. The molecule has 0 radical (unpaired) electrons. The molecule has 8 heteroatoms. The number of benzene rings is 2. The lowest BCUT2D eigenvalue weighted by molar-refractivity contribution is -0.132.